The zero-order valence-corrected chi connectivity index (χ0v) is 21.8. The first kappa shape index (κ1) is 25.6. The Morgan fingerprint density at radius 1 is 1.08 bits per heavy atom. The first-order valence-electron chi connectivity index (χ1n) is 12.1. The number of H-pyrrole nitrogens is 1. The second kappa shape index (κ2) is 10.0. The van der Waals surface area contributed by atoms with Crippen LogP contribution in [0.5, 0.6) is 11.5 Å². The lowest BCUT2D eigenvalue weighted by atomic mass is 10.0. The minimum absolute atomic E-state index is 0.0658. The third-order valence-corrected chi connectivity index (χ3v) is 5.83. The molecule has 0 aliphatic carbocycles. The Bertz CT molecular complexity index is 1740. The minimum atomic E-state index is -0.779. The van der Waals surface area contributed by atoms with Gasteiger partial charge in [-0.2, -0.15) is 5.10 Å². The van der Waals surface area contributed by atoms with Gasteiger partial charge in [-0.05, 0) is 57.5 Å². The van der Waals surface area contributed by atoms with Crippen molar-refractivity contribution in [2.75, 3.05) is 10.2 Å². The number of carbonyl (C=O) groups is 1. The number of aromatic amines is 1. The second-order valence-corrected chi connectivity index (χ2v) is 9.87. The molecule has 0 atom stereocenters. The highest BCUT2D eigenvalue weighted by atomic mass is 19.1. The van der Waals surface area contributed by atoms with Crippen LogP contribution in [0.1, 0.15) is 26.3 Å². The Balaban J connectivity index is 1.43. The maximum Gasteiger partial charge on any atom is 0.328 e. The highest BCUT2D eigenvalue weighted by Gasteiger charge is 2.31. The van der Waals surface area contributed by atoms with Gasteiger partial charge < -0.3 is 9.72 Å². The summed E-state index contributed by atoms with van der Waals surface area (Å²) in [5.74, 6) is 0.251. The summed E-state index contributed by atoms with van der Waals surface area (Å²) in [4.78, 5) is 37.2. The average molecular weight is 528 g/mol. The smallest absolute Gasteiger partial charge is 0.328 e. The van der Waals surface area contributed by atoms with Gasteiger partial charge in [0, 0.05) is 29.9 Å². The van der Waals surface area contributed by atoms with Crippen molar-refractivity contribution in [1.82, 2.24) is 24.7 Å². The van der Waals surface area contributed by atoms with Crippen molar-refractivity contribution in [1.29, 1.82) is 0 Å². The molecule has 10 nitrogen and oxygen atoms in total. The number of anilines is 2. The number of pyridine rings is 1. The van der Waals surface area contributed by atoms with Crippen LogP contribution in [0.4, 0.5) is 20.7 Å². The van der Waals surface area contributed by atoms with E-state index in [1.54, 1.807) is 29.1 Å². The van der Waals surface area contributed by atoms with Crippen molar-refractivity contribution in [2.24, 2.45) is 0 Å². The summed E-state index contributed by atoms with van der Waals surface area (Å²) in [6.07, 6.45) is 4.15. The number of benzene rings is 2. The number of rotatable bonds is 5. The highest BCUT2D eigenvalue weighted by molar-refractivity contribution is 6.02. The van der Waals surface area contributed by atoms with Crippen LogP contribution in [0.25, 0.3) is 16.9 Å². The molecular weight excluding hydrogens is 501 g/mol. The Morgan fingerprint density at radius 2 is 1.90 bits per heavy atom. The standard InChI is InChI=1S/C28H26FN7O3/c1-17-6-5-7-18(14-17)36-23(11-13-32-36)33-27(38)35(28(2,3)4)21-9-8-19(15-20(21)29)39-22-10-12-30-26-25(22)31-16-24(37)34-26/h5-16H,1-4H3,(H,33,38)(H,30,34,37). The van der Waals surface area contributed by atoms with Gasteiger partial charge in [0.25, 0.3) is 5.56 Å². The molecule has 198 valence electrons. The number of nitrogens with one attached hydrogen (secondary N) is 2. The average Bonchev–Trinajstić information content (AvgIpc) is 3.33. The SMILES string of the molecule is Cc1cccc(-n2nccc2NC(=O)N(c2ccc(Oc3ccnc4[nH]c(=O)cnc34)cc2F)C(C)(C)C)c1. The summed E-state index contributed by atoms with van der Waals surface area (Å²) in [5.41, 5.74) is 1.29. The van der Waals surface area contributed by atoms with E-state index >= 15 is 4.39 Å². The monoisotopic (exact) mass is 527 g/mol. The summed E-state index contributed by atoms with van der Waals surface area (Å²) in [5, 5.41) is 7.20. The number of nitrogens with zero attached hydrogens (tertiary/aromatic N) is 5. The summed E-state index contributed by atoms with van der Waals surface area (Å²) in [7, 11) is 0. The van der Waals surface area contributed by atoms with Gasteiger partial charge in [-0.1, -0.05) is 12.1 Å². The topological polar surface area (TPSA) is 118 Å². The predicted molar refractivity (Wildman–Crippen MR) is 146 cm³/mol. The molecule has 0 saturated heterocycles. The van der Waals surface area contributed by atoms with Gasteiger partial charge in [0.05, 0.1) is 23.8 Å². The molecule has 0 aliphatic rings. The quantitative estimate of drug-likeness (QED) is 0.308. The number of hydrogen-bond acceptors (Lipinski definition) is 6. The first-order chi connectivity index (χ1) is 18.6. The predicted octanol–water partition coefficient (Wildman–Crippen LogP) is 5.58. The molecule has 2 aromatic carbocycles. The Hall–Kier alpha value is -5.06. The molecule has 0 aliphatic heterocycles. The lowest BCUT2D eigenvalue weighted by Crippen LogP contribution is -2.48. The van der Waals surface area contributed by atoms with E-state index in [4.69, 9.17) is 4.74 Å². The molecule has 2 amide bonds. The number of ether oxygens (including phenoxy) is 1. The Morgan fingerprint density at radius 3 is 2.64 bits per heavy atom. The lowest BCUT2D eigenvalue weighted by molar-refractivity contribution is 0.251. The van der Waals surface area contributed by atoms with Crippen LogP contribution in [0.3, 0.4) is 0 Å². The van der Waals surface area contributed by atoms with Crippen molar-refractivity contribution in [3.8, 4) is 17.2 Å². The maximum absolute atomic E-state index is 15.5. The van der Waals surface area contributed by atoms with Crippen LogP contribution in [-0.4, -0.2) is 36.3 Å². The molecule has 0 spiro atoms. The maximum atomic E-state index is 15.5. The number of amides is 2. The molecule has 2 N–H and O–H groups in total. The Labute approximate surface area is 223 Å². The van der Waals surface area contributed by atoms with E-state index in [9.17, 15) is 9.59 Å². The van der Waals surface area contributed by atoms with Crippen molar-refractivity contribution in [3.05, 3.63) is 94.9 Å². The fraction of sp³-hybridized carbons (Fsp3) is 0.179. The number of halogens is 1. The van der Waals surface area contributed by atoms with Crippen molar-refractivity contribution >= 4 is 28.7 Å². The van der Waals surface area contributed by atoms with Crippen molar-refractivity contribution in [2.45, 2.75) is 33.2 Å². The zero-order valence-electron chi connectivity index (χ0n) is 21.8. The van der Waals surface area contributed by atoms with Gasteiger partial charge >= 0.3 is 6.03 Å². The minimum Gasteiger partial charge on any atom is -0.455 e. The van der Waals surface area contributed by atoms with Gasteiger partial charge in [0.15, 0.2) is 17.2 Å². The number of fused-ring (bicyclic) bond motifs is 1. The fourth-order valence-electron chi connectivity index (χ4n) is 4.17. The molecule has 11 heteroatoms. The molecule has 0 bridgehead atoms. The summed E-state index contributed by atoms with van der Waals surface area (Å²) in [6, 6.07) is 14.6. The third kappa shape index (κ3) is 5.33. The number of urea groups is 1. The number of hydrogen-bond donors (Lipinski definition) is 2. The molecule has 0 radical (unpaired) electrons. The van der Waals surface area contributed by atoms with E-state index in [1.165, 1.54) is 23.2 Å². The summed E-state index contributed by atoms with van der Waals surface area (Å²) < 4.78 is 23.0. The van der Waals surface area contributed by atoms with Gasteiger partial charge in [-0.25, -0.2) is 23.8 Å². The fourth-order valence-corrected chi connectivity index (χ4v) is 4.17. The van der Waals surface area contributed by atoms with Gasteiger partial charge in [0.2, 0.25) is 0 Å². The van der Waals surface area contributed by atoms with Crippen LogP contribution >= 0.6 is 0 Å². The number of aromatic nitrogens is 5. The number of carbonyl (C=O) groups excluding carboxylic acids is 1. The van der Waals surface area contributed by atoms with Crippen LogP contribution in [-0.2, 0) is 0 Å². The molecule has 0 saturated carbocycles. The second-order valence-electron chi connectivity index (χ2n) is 9.87. The first-order valence-corrected chi connectivity index (χ1v) is 12.1. The molecular formula is C28H26FN7O3. The summed E-state index contributed by atoms with van der Waals surface area (Å²) in [6.45, 7) is 7.40. The van der Waals surface area contributed by atoms with E-state index in [-0.39, 0.29) is 17.1 Å². The van der Waals surface area contributed by atoms with E-state index < -0.39 is 22.9 Å². The van der Waals surface area contributed by atoms with Crippen molar-refractivity contribution < 1.29 is 13.9 Å². The molecule has 5 rings (SSSR count). The van der Waals surface area contributed by atoms with E-state index in [1.807, 2.05) is 52.0 Å². The van der Waals surface area contributed by atoms with Crippen LogP contribution in [0.2, 0.25) is 0 Å². The molecule has 39 heavy (non-hydrogen) atoms. The molecule has 0 unspecified atom stereocenters. The van der Waals surface area contributed by atoms with Gasteiger partial charge in [-0.15, -0.1) is 0 Å². The third-order valence-electron chi connectivity index (χ3n) is 5.83. The van der Waals surface area contributed by atoms with Crippen LogP contribution < -0.4 is 20.5 Å². The lowest BCUT2D eigenvalue weighted by Gasteiger charge is -2.35. The van der Waals surface area contributed by atoms with Crippen LogP contribution in [0.15, 0.2) is 78.0 Å². The van der Waals surface area contributed by atoms with E-state index in [2.05, 4.69) is 25.4 Å². The van der Waals surface area contributed by atoms with Crippen LogP contribution in [0, 0.1) is 12.7 Å². The van der Waals surface area contributed by atoms with E-state index in [0.29, 0.717) is 17.1 Å². The Kier molecular flexibility index (Phi) is 6.57. The molecule has 5 aromatic rings. The van der Waals surface area contributed by atoms with E-state index in [0.717, 1.165) is 17.4 Å². The molecule has 0 fully saturated rings. The summed E-state index contributed by atoms with van der Waals surface area (Å²) >= 11 is 0. The number of aryl methyl sites for hydroxylation is 1. The molecule has 3 heterocycles. The van der Waals surface area contributed by atoms with Gasteiger partial charge in [0.1, 0.15) is 17.1 Å². The molecule has 3 aromatic heterocycles. The van der Waals surface area contributed by atoms with Crippen molar-refractivity contribution in [3.63, 3.8) is 0 Å². The zero-order chi connectivity index (χ0) is 27.7. The van der Waals surface area contributed by atoms with Gasteiger partial charge in [-0.3, -0.25) is 15.0 Å². The highest BCUT2D eigenvalue weighted by Crippen LogP contribution is 2.33. The normalized spacial score (nSPS) is 11.4. The largest absolute Gasteiger partial charge is 0.455 e.